The first-order valence-corrected chi connectivity index (χ1v) is 9.55. The molecule has 0 spiro atoms. The molecule has 2 saturated carbocycles. The van der Waals surface area contributed by atoms with Crippen molar-refractivity contribution in [3.05, 3.63) is 24.3 Å². The molecule has 0 nitrogen and oxygen atoms in total. The third kappa shape index (κ3) is 10.8. The van der Waals surface area contributed by atoms with Crippen LogP contribution in [0.25, 0.3) is 0 Å². The molecule has 2 rings (SSSR count). The fourth-order valence-corrected chi connectivity index (χ4v) is 3.30. The third-order valence-corrected chi connectivity index (χ3v) is 4.51. The van der Waals surface area contributed by atoms with Crippen LogP contribution in [0.3, 0.4) is 0 Å². The van der Waals surface area contributed by atoms with Crippen molar-refractivity contribution in [2.24, 2.45) is 17.8 Å². The average molecular weight is 293 g/mol. The molecule has 0 heteroatoms. The van der Waals surface area contributed by atoms with Gasteiger partial charge >= 0.3 is 0 Å². The zero-order valence-electron chi connectivity index (χ0n) is 15.4. The number of hydrogen-bond donors (Lipinski definition) is 0. The van der Waals surface area contributed by atoms with Crippen molar-refractivity contribution in [3.8, 4) is 0 Å². The molecule has 0 bridgehead atoms. The van der Waals surface area contributed by atoms with E-state index in [2.05, 4.69) is 38.2 Å². The van der Waals surface area contributed by atoms with E-state index in [1.807, 2.05) is 20.8 Å². The normalized spacial score (nSPS) is 26.3. The monoisotopic (exact) mass is 292 g/mol. The number of rotatable bonds is 3. The summed E-state index contributed by atoms with van der Waals surface area (Å²) in [5.41, 5.74) is 0. The summed E-state index contributed by atoms with van der Waals surface area (Å²) in [4.78, 5) is 0. The van der Waals surface area contributed by atoms with Gasteiger partial charge in [-0.25, -0.2) is 0 Å². The Labute approximate surface area is 135 Å². The standard InChI is InChI=1S/C14H24.C5H10.C2H6/c1-12-7-8-14(11-12)10-9-13-5-3-2-4-6-13;1-3-5-4-2;1-2/h9-10,12-14H,2-8,11H2,1H3;3,5H,4H2,1-2H3;1-2H3/b10-9+;5-3-;. The van der Waals surface area contributed by atoms with Crippen molar-refractivity contribution >= 4 is 0 Å². The second kappa shape index (κ2) is 14.4. The van der Waals surface area contributed by atoms with Gasteiger partial charge in [-0.3, -0.25) is 0 Å². The van der Waals surface area contributed by atoms with E-state index in [1.54, 1.807) is 0 Å². The molecule has 0 aromatic carbocycles. The van der Waals surface area contributed by atoms with Gasteiger partial charge < -0.3 is 0 Å². The summed E-state index contributed by atoms with van der Waals surface area (Å²) < 4.78 is 0. The Hall–Kier alpha value is -0.520. The molecular formula is C21H40. The minimum absolute atomic E-state index is 0.923. The molecule has 2 unspecified atom stereocenters. The summed E-state index contributed by atoms with van der Waals surface area (Å²) in [6.07, 6.45) is 22.1. The van der Waals surface area contributed by atoms with Gasteiger partial charge in [-0.1, -0.05) is 77.7 Å². The molecule has 21 heavy (non-hydrogen) atoms. The predicted octanol–water partition coefficient (Wildman–Crippen LogP) is 7.56. The van der Waals surface area contributed by atoms with E-state index in [4.69, 9.17) is 0 Å². The third-order valence-electron chi connectivity index (χ3n) is 4.51. The van der Waals surface area contributed by atoms with Crippen LogP contribution in [0.15, 0.2) is 24.3 Å². The van der Waals surface area contributed by atoms with Gasteiger partial charge in [0.25, 0.3) is 0 Å². The lowest BCUT2D eigenvalue weighted by molar-refractivity contribution is 0.417. The Balaban J connectivity index is 0.000000489. The van der Waals surface area contributed by atoms with Gasteiger partial charge in [0.2, 0.25) is 0 Å². The Morgan fingerprint density at radius 1 is 0.857 bits per heavy atom. The van der Waals surface area contributed by atoms with Crippen molar-refractivity contribution in [2.75, 3.05) is 0 Å². The lowest BCUT2D eigenvalue weighted by Crippen LogP contribution is -2.03. The fraction of sp³-hybridized carbons (Fsp3) is 0.810. The van der Waals surface area contributed by atoms with E-state index < -0.39 is 0 Å². The second-order valence-corrected chi connectivity index (χ2v) is 6.44. The quantitative estimate of drug-likeness (QED) is 0.471. The molecule has 2 aliphatic rings. The molecular weight excluding hydrogens is 252 g/mol. The molecule has 124 valence electrons. The van der Waals surface area contributed by atoms with Gasteiger partial charge in [0.1, 0.15) is 0 Å². The van der Waals surface area contributed by atoms with Gasteiger partial charge in [-0.05, 0) is 56.8 Å². The van der Waals surface area contributed by atoms with E-state index in [-0.39, 0.29) is 0 Å². The summed E-state index contributed by atoms with van der Waals surface area (Å²) in [5, 5.41) is 0. The van der Waals surface area contributed by atoms with Gasteiger partial charge in [-0.15, -0.1) is 0 Å². The van der Waals surface area contributed by atoms with Gasteiger partial charge in [0.05, 0.1) is 0 Å². The van der Waals surface area contributed by atoms with Crippen molar-refractivity contribution < 1.29 is 0 Å². The SMILES string of the molecule is C/C=C\CC.CC.CC1CCC(/C=C/C2CCCCC2)C1. The highest BCUT2D eigenvalue weighted by atomic mass is 14.2. The highest BCUT2D eigenvalue weighted by molar-refractivity contribution is 4.96. The Morgan fingerprint density at radius 2 is 1.48 bits per heavy atom. The first-order valence-electron chi connectivity index (χ1n) is 9.55. The van der Waals surface area contributed by atoms with E-state index in [9.17, 15) is 0 Å². The Morgan fingerprint density at radius 3 is 1.90 bits per heavy atom. The van der Waals surface area contributed by atoms with Crippen LogP contribution in [0.2, 0.25) is 0 Å². The van der Waals surface area contributed by atoms with Crippen LogP contribution < -0.4 is 0 Å². The molecule has 0 aliphatic heterocycles. The van der Waals surface area contributed by atoms with Crippen LogP contribution in [-0.4, -0.2) is 0 Å². The lowest BCUT2D eigenvalue weighted by atomic mass is 9.88. The van der Waals surface area contributed by atoms with E-state index in [0.29, 0.717) is 0 Å². The van der Waals surface area contributed by atoms with Crippen molar-refractivity contribution in [1.29, 1.82) is 0 Å². The smallest absolute Gasteiger partial charge is 0.0231 e. The fourth-order valence-electron chi connectivity index (χ4n) is 3.30. The van der Waals surface area contributed by atoms with Crippen LogP contribution in [0.5, 0.6) is 0 Å². The molecule has 0 aromatic rings. The summed E-state index contributed by atoms with van der Waals surface area (Å²) in [6.45, 7) is 10.6. The zero-order chi connectivity index (χ0) is 15.9. The minimum atomic E-state index is 0.923. The molecule has 2 atom stereocenters. The molecule has 0 amide bonds. The Bertz CT molecular complexity index is 248. The van der Waals surface area contributed by atoms with Crippen molar-refractivity contribution in [2.45, 2.75) is 92.4 Å². The average Bonchev–Trinajstić information content (AvgIpc) is 2.95. The maximum Gasteiger partial charge on any atom is -0.0231 e. The maximum atomic E-state index is 2.54. The van der Waals surface area contributed by atoms with Crippen LogP contribution >= 0.6 is 0 Å². The molecule has 0 radical (unpaired) electrons. The van der Waals surface area contributed by atoms with Gasteiger partial charge in [-0.2, -0.15) is 0 Å². The number of hydrogen-bond acceptors (Lipinski definition) is 0. The Kier molecular flexibility index (Phi) is 14.1. The highest BCUT2D eigenvalue weighted by Gasteiger charge is 2.19. The van der Waals surface area contributed by atoms with Crippen molar-refractivity contribution in [1.82, 2.24) is 0 Å². The van der Waals surface area contributed by atoms with Crippen molar-refractivity contribution in [3.63, 3.8) is 0 Å². The summed E-state index contributed by atoms with van der Waals surface area (Å²) in [7, 11) is 0. The molecule has 0 saturated heterocycles. The number of allylic oxidation sites excluding steroid dienone is 4. The minimum Gasteiger partial charge on any atom is -0.0917 e. The van der Waals surface area contributed by atoms with E-state index in [0.717, 1.165) is 24.2 Å². The summed E-state index contributed by atoms with van der Waals surface area (Å²) in [6, 6.07) is 0. The topological polar surface area (TPSA) is 0 Å². The molecule has 0 aromatic heterocycles. The summed E-state index contributed by atoms with van der Waals surface area (Å²) in [5.74, 6) is 2.84. The second-order valence-electron chi connectivity index (χ2n) is 6.44. The first-order chi connectivity index (χ1) is 10.3. The largest absolute Gasteiger partial charge is 0.0917 e. The van der Waals surface area contributed by atoms with Crippen LogP contribution in [0.1, 0.15) is 92.4 Å². The van der Waals surface area contributed by atoms with Gasteiger partial charge in [0, 0.05) is 0 Å². The van der Waals surface area contributed by atoms with E-state index >= 15 is 0 Å². The van der Waals surface area contributed by atoms with Crippen LogP contribution in [0.4, 0.5) is 0 Å². The first kappa shape index (κ1) is 20.5. The zero-order valence-corrected chi connectivity index (χ0v) is 15.4. The summed E-state index contributed by atoms with van der Waals surface area (Å²) >= 11 is 0. The predicted molar refractivity (Wildman–Crippen MR) is 98.7 cm³/mol. The molecule has 0 heterocycles. The molecule has 2 aliphatic carbocycles. The van der Waals surface area contributed by atoms with Crippen LogP contribution in [-0.2, 0) is 0 Å². The molecule has 2 fully saturated rings. The van der Waals surface area contributed by atoms with Crippen LogP contribution in [0, 0.1) is 17.8 Å². The lowest BCUT2D eigenvalue weighted by Gasteiger charge is -2.18. The van der Waals surface area contributed by atoms with E-state index in [1.165, 1.54) is 51.4 Å². The molecule has 0 N–H and O–H groups in total. The van der Waals surface area contributed by atoms with Gasteiger partial charge in [0.15, 0.2) is 0 Å². The maximum absolute atomic E-state index is 2.54. The highest BCUT2D eigenvalue weighted by Crippen LogP contribution is 2.32.